The molecule has 1 saturated heterocycles. The van der Waals surface area contributed by atoms with Crippen LogP contribution in [-0.2, 0) is 6.42 Å². The van der Waals surface area contributed by atoms with Gasteiger partial charge in [-0.05, 0) is 31.2 Å². The minimum atomic E-state index is -1.30. The second-order valence-electron chi connectivity index (χ2n) is 6.10. The minimum Gasteiger partial charge on any atom is -0.477 e. The lowest BCUT2D eigenvalue weighted by molar-refractivity contribution is 0.0694. The van der Waals surface area contributed by atoms with Crippen molar-refractivity contribution in [1.82, 2.24) is 9.30 Å². The Morgan fingerprint density at radius 1 is 1.24 bits per heavy atom. The van der Waals surface area contributed by atoms with Gasteiger partial charge in [-0.25, -0.2) is 9.18 Å². The maximum atomic E-state index is 14.6. The number of aryl methyl sites for hydroxylation is 1. The van der Waals surface area contributed by atoms with Crippen LogP contribution in [0, 0.1) is 5.82 Å². The van der Waals surface area contributed by atoms with Gasteiger partial charge in [-0.1, -0.05) is 6.92 Å². The van der Waals surface area contributed by atoms with E-state index >= 15 is 0 Å². The Hall–Kier alpha value is -2.12. The van der Waals surface area contributed by atoms with E-state index in [0.717, 1.165) is 23.7 Å². The van der Waals surface area contributed by atoms with Gasteiger partial charge < -0.3 is 14.9 Å². The van der Waals surface area contributed by atoms with E-state index in [9.17, 15) is 19.1 Å². The van der Waals surface area contributed by atoms with Crippen molar-refractivity contribution < 1.29 is 14.3 Å². The molecule has 1 aliphatic heterocycles. The normalized spacial score (nSPS) is 15.2. The van der Waals surface area contributed by atoms with E-state index in [1.165, 1.54) is 6.07 Å². The fraction of sp³-hybridized carbons (Fsp3) is 0.412. The molecule has 0 spiro atoms. The van der Waals surface area contributed by atoms with Gasteiger partial charge in [0.15, 0.2) is 5.82 Å². The van der Waals surface area contributed by atoms with Crippen molar-refractivity contribution in [2.45, 2.75) is 13.3 Å². The summed E-state index contributed by atoms with van der Waals surface area (Å²) >= 11 is 0. The number of aromatic carboxylic acids is 1. The fourth-order valence-electron chi connectivity index (χ4n) is 3.10. The summed E-state index contributed by atoms with van der Waals surface area (Å²) in [7, 11) is 2.02. The zero-order chi connectivity index (χ0) is 17.4. The Morgan fingerprint density at radius 2 is 1.88 bits per heavy atom. The summed E-state index contributed by atoms with van der Waals surface area (Å²) in [5, 5.41) is 9.18. The van der Waals surface area contributed by atoms with Crippen LogP contribution < -0.4 is 10.5 Å². The Balaban J connectivity index is 0.00000225. The zero-order valence-electron chi connectivity index (χ0n) is 14.2. The SMILES string of the molecule is CCc1cc(C(=O)O)c(=O)n2cc(F)c(N3CCN(C)CC3)cc12.Cl. The number of hydrogen-bond acceptors (Lipinski definition) is 4. The van der Waals surface area contributed by atoms with Crippen LogP contribution in [-0.4, -0.2) is 53.6 Å². The van der Waals surface area contributed by atoms with Crippen molar-refractivity contribution in [3.8, 4) is 0 Å². The number of pyridine rings is 2. The highest BCUT2D eigenvalue weighted by atomic mass is 35.5. The summed E-state index contributed by atoms with van der Waals surface area (Å²) in [6.45, 7) is 4.99. The summed E-state index contributed by atoms with van der Waals surface area (Å²) in [6, 6.07) is 3.05. The molecule has 1 aliphatic rings. The number of hydrogen-bond donors (Lipinski definition) is 1. The number of nitrogens with zero attached hydrogens (tertiary/aromatic N) is 3. The van der Waals surface area contributed by atoms with Crippen LogP contribution in [0.2, 0.25) is 0 Å². The van der Waals surface area contributed by atoms with Gasteiger partial charge in [0.05, 0.1) is 17.4 Å². The van der Waals surface area contributed by atoms with Crippen molar-refractivity contribution in [3.63, 3.8) is 0 Å². The van der Waals surface area contributed by atoms with Crippen LogP contribution in [0.4, 0.5) is 10.1 Å². The van der Waals surface area contributed by atoms with Crippen molar-refractivity contribution in [2.75, 3.05) is 38.1 Å². The molecule has 0 bridgehead atoms. The van der Waals surface area contributed by atoms with Gasteiger partial charge in [-0.2, -0.15) is 0 Å². The molecular weight excluding hydrogens is 349 g/mol. The molecule has 8 heteroatoms. The fourth-order valence-corrected chi connectivity index (χ4v) is 3.10. The summed E-state index contributed by atoms with van der Waals surface area (Å²) in [5.41, 5.74) is 0.681. The molecule has 0 atom stereocenters. The third kappa shape index (κ3) is 3.48. The van der Waals surface area contributed by atoms with Crippen LogP contribution in [0.15, 0.2) is 23.1 Å². The van der Waals surface area contributed by atoms with Gasteiger partial charge in [-0.15, -0.1) is 12.4 Å². The second-order valence-corrected chi connectivity index (χ2v) is 6.10. The lowest BCUT2D eigenvalue weighted by Gasteiger charge is -2.34. The van der Waals surface area contributed by atoms with E-state index in [1.54, 1.807) is 6.07 Å². The van der Waals surface area contributed by atoms with Crippen LogP contribution >= 0.6 is 12.4 Å². The van der Waals surface area contributed by atoms with Gasteiger partial charge >= 0.3 is 5.97 Å². The second kappa shape index (κ2) is 7.41. The Labute approximate surface area is 150 Å². The molecule has 0 radical (unpaired) electrons. The average Bonchev–Trinajstić information content (AvgIpc) is 2.56. The molecule has 0 aromatic carbocycles. The molecule has 1 fully saturated rings. The molecular formula is C17H21ClFN3O3. The topological polar surface area (TPSA) is 65.3 Å². The highest BCUT2D eigenvalue weighted by Crippen LogP contribution is 2.24. The number of carboxylic acid groups (broad SMARTS) is 1. The maximum Gasteiger partial charge on any atom is 0.341 e. The molecule has 0 unspecified atom stereocenters. The summed E-state index contributed by atoms with van der Waals surface area (Å²) in [5.74, 6) is -1.81. The molecule has 0 amide bonds. The first-order chi connectivity index (χ1) is 11.4. The van der Waals surface area contributed by atoms with E-state index in [-0.39, 0.29) is 18.0 Å². The summed E-state index contributed by atoms with van der Waals surface area (Å²) in [6.07, 6.45) is 1.66. The van der Waals surface area contributed by atoms with Crippen molar-refractivity contribution >= 4 is 29.6 Å². The maximum absolute atomic E-state index is 14.6. The number of fused-ring (bicyclic) bond motifs is 1. The molecule has 136 valence electrons. The Bertz CT molecular complexity index is 860. The van der Waals surface area contributed by atoms with Crippen molar-refractivity contribution in [2.24, 2.45) is 0 Å². The lowest BCUT2D eigenvalue weighted by atomic mass is 10.1. The van der Waals surface area contributed by atoms with Crippen LogP contribution in [0.1, 0.15) is 22.8 Å². The first kappa shape index (κ1) is 19.2. The number of halogens is 2. The van der Waals surface area contributed by atoms with Gasteiger partial charge in [0, 0.05) is 26.2 Å². The molecule has 0 saturated carbocycles. The lowest BCUT2D eigenvalue weighted by Crippen LogP contribution is -2.44. The van der Waals surface area contributed by atoms with E-state index in [2.05, 4.69) is 4.90 Å². The zero-order valence-corrected chi connectivity index (χ0v) is 15.0. The predicted octanol–water partition coefficient (Wildman–Crippen LogP) is 1.87. The summed E-state index contributed by atoms with van der Waals surface area (Å²) < 4.78 is 15.7. The van der Waals surface area contributed by atoms with Crippen LogP contribution in [0.25, 0.3) is 5.52 Å². The van der Waals surface area contributed by atoms with Gasteiger partial charge in [0.1, 0.15) is 5.56 Å². The number of carboxylic acids is 1. The molecule has 25 heavy (non-hydrogen) atoms. The van der Waals surface area contributed by atoms with E-state index in [4.69, 9.17) is 0 Å². The number of piperazine rings is 1. The predicted molar refractivity (Wildman–Crippen MR) is 96.9 cm³/mol. The number of likely N-dealkylation sites (N-methyl/N-ethyl adjacent to an activating group) is 1. The highest BCUT2D eigenvalue weighted by molar-refractivity contribution is 5.88. The van der Waals surface area contributed by atoms with Crippen molar-refractivity contribution in [1.29, 1.82) is 0 Å². The van der Waals surface area contributed by atoms with Gasteiger partial charge in [0.2, 0.25) is 0 Å². The van der Waals surface area contributed by atoms with Gasteiger partial charge in [0.25, 0.3) is 5.56 Å². The molecule has 2 aromatic rings. The first-order valence-corrected chi connectivity index (χ1v) is 7.97. The van der Waals surface area contributed by atoms with Crippen molar-refractivity contribution in [3.05, 3.63) is 45.6 Å². The van der Waals surface area contributed by atoms with Crippen LogP contribution in [0.3, 0.4) is 0 Å². The van der Waals surface area contributed by atoms with Crippen LogP contribution in [0.5, 0.6) is 0 Å². The van der Waals surface area contributed by atoms with Gasteiger partial charge in [-0.3, -0.25) is 9.20 Å². The van der Waals surface area contributed by atoms with E-state index in [0.29, 0.717) is 36.3 Å². The Kier molecular flexibility index (Phi) is 5.69. The first-order valence-electron chi connectivity index (χ1n) is 7.97. The highest BCUT2D eigenvalue weighted by Gasteiger charge is 2.21. The average molecular weight is 370 g/mol. The van der Waals surface area contributed by atoms with E-state index in [1.807, 2.05) is 18.9 Å². The molecule has 3 rings (SSSR count). The third-order valence-electron chi connectivity index (χ3n) is 4.57. The molecule has 1 N–H and O–H groups in total. The Morgan fingerprint density at radius 3 is 2.44 bits per heavy atom. The number of aromatic nitrogens is 1. The minimum absolute atomic E-state index is 0. The molecule has 2 aromatic heterocycles. The van der Waals surface area contributed by atoms with E-state index < -0.39 is 17.3 Å². The quantitative estimate of drug-likeness (QED) is 0.894. The molecule has 0 aliphatic carbocycles. The largest absolute Gasteiger partial charge is 0.477 e. The number of anilines is 1. The molecule has 6 nitrogen and oxygen atoms in total. The number of rotatable bonds is 3. The number of carbonyl (C=O) groups is 1. The summed E-state index contributed by atoms with van der Waals surface area (Å²) in [4.78, 5) is 27.7. The standard InChI is InChI=1S/C17H20FN3O3.ClH/c1-3-11-8-12(17(23)24)16(22)21-10-13(18)15(9-14(11)21)20-6-4-19(2)5-7-20;/h8-10H,3-7H2,1-2H3,(H,23,24);1H. The smallest absolute Gasteiger partial charge is 0.341 e. The monoisotopic (exact) mass is 369 g/mol. The third-order valence-corrected chi connectivity index (χ3v) is 4.57. The molecule has 3 heterocycles.